The van der Waals surface area contributed by atoms with E-state index in [4.69, 9.17) is 5.41 Å². The average Bonchev–Trinajstić information content (AvgIpc) is 3.23. The van der Waals surface area contributed by atoms with E-state index in [9.17, 15) is 4.79 Å². The predicted octanol–water partition coefficient (Wildman–Crippen LogP) is 3.83. The fourth-order valence-corrected chi connectivity index (χ4v) is 4.24. The summed E-state index contributed by atoms with van der Waals surface area (Å²) in [6, 6.07) is 5.10. The van der Waals surface area contributed by atoms with E-state index in [0.717, 1.165) is 32.4 Å². The van der Waals surface area contributed by atoms with E-state index in [0.29, 0.717) is 24.7 Å². The number of nitrogens with zero attached hydrogens (tertiary/aromatic N) is 1. The van der Waals surface area contributed by atoms with Gasteiger partial charge >= 0.3 is 0 Å². The molecule has 1 unspecified atom stereocenters. The van der Waals surface area contributed by atoms with Gasteiger partial charge in [0.2, 0.25) is 0 Å². The molecule has 2 heterocycles. The zero-order valence-corrected chi connectivity index (χ0v) is 18.4. The minimum absolute atomic E-state index is 0.0560. The number of carbonyl (C=O) groups excluding carboxylic acids is 1. The van der Waals surface area contributed by atoms with Crippen LogP contribution >= 0.6 is 0 Å². The lowest BCUT2D eigenvalue weighted by atomic mass is 9.80. The van der Waals surface area contributed by atoms with Gasteiger partial charge < -0.3 is 20.9 Å². The molecule has 3 rings (SSSR count). The molecule has 2 aliphatic heterocycles. The highest BCUT2D eigenvalue weighted by Crippen LogP contribution is 2.36. The molecule has 2 aliphatic rings. The van der Waals surface area contributed by atoms with Crippen LogP contribution in [0.15, 0.2) is 23.9 Å². The Morgan fingerprint density at radius 3 is 2.79 bits per heavy atom. The minimum atomic E-state index is -0.0560. The van der Waals surface area contributed by atoms with Gasteiger partial charge in [-0.1, -0.05) is 39.8 Å². The molecule has 158 valence electrons. The number of benzene rings is 1. The number of rotatable bonds is 6. The second-order valence-electron chi connectivity index (χ2n) is 9.28. The van der Waals surface area contributed by atoms with Gasteiger partial charge in [0, 0.05) is 38.1 Å². The second kappa shape index (κ2) is 9.12. The Hall–Kier alpha value is -2.14. The molecule has 5 heteroatoms. The van der Waals surface area contributed by atoms with Crippen LogP contribution in [0.1, 0.15) is 75.3 Å². The lowest BCUT2D eigenvalue weighted by Gasteiger charge is -2.34. The SMILES string of the molecule is CCCN/C=C(\C=N)C(=O)N1CCc2cc(C(C)(C)C)cc(C3CCCN3)c2C1. The molecule has 0 bridgehead atoms. The molecule has 0 spiro atoms. The maximum Gasteiger partial charge on any atom is 0.257 e. The van der Waals surface area contributed by atoms with Gasteiger partial charge in [0.25, 0.3) is 5.91 Å². The van der Waals surface area contributed by atoms with Crippen molar-refractivity contribution in [1.82, 2.24) is 15.5 Å². The third-order valence-electron chi connectivity index (χ3n) is 6.02. The molecule has 1 fully saturated rings. The van der Waals surface area contributed by atoms with Crippen molar-refractivity contribution in [2.45, 2.75) is 71.4 Å². The van der Waals surface area contributed by atoms with Gasteiger partial charge in [-0.25, -0.2) is 0 Å². The first-order chi connectivity index (χ1) is 13.8. The van der Waals surface area contributed by atoms with Gasteiger partial charge in [-0.15, -0.1) is 0 Å². The number of nitrogens with one attached hydrogen (secondary N) is 3. The van der Waals surface area contributed by atoms with Gasteiger partial charge in [-0.05, 0) is 59.9 Å². The molecular weight excluding hydrogens is 360 g/mol. The molecule has 5 nitrogen and oxygen atoms in total. The summed E-state index contributed by atoms with van der Waals surface area (Å²) in [7, 11) is 0. The highest BCUT2D eigenvalue weighted by Gasteiger charge is 2.29. The number of hydrogen-bond acceptors (Lipinski definition) is 4. The van der Waals surface area contributed by atoms with Crippen molar-refractivity contribution in [2.75, 3.05) is 19.6 Å². The Morgan fingerprint density at radius 2 is 2.17 bits per heavy atom. The smallest absolute Gasteiger partial charge is 0.257 e. The average molecular weight is 397 g/mol. The standard InChI is InChI=1S/C24H36N4O/c1-5-9-26-15-18(14-25)23(29)28-11-8-17-12-19(24(2,3)4)13-20(21(17)16-28)22-7-6-10-27-22/h12-15,22,25-27H,5-11,16H2,1-4H3/b18-15+,25-14?. The summed E-state index contributed by atoms with van der Waals surface area (Å²) < 4.78 is 0. The Kier molecular flexibility index (Phi) is 6.78. The number of amides is 1. The molecule has 1 aromatic rings. The van der Waals surface area contributed by atoms with E-state index in [-0.39, 0.29) is 11.3 Å². The summed E-state index contributed by atoms with van der Waals surface area (Å²) >= 11 is 0. The highest BCUT2D eigenvalue weighted by atomic mass is 16.2. The molecule has 1 saturated heterocycles. The molecule has 1 amide bonds. The Bertz CT molecular complexity index is 785. The monoisotopic (exact) mass is 396 g/mol. The van der Waals surface area contributed by atoms with Crippen LogP contribution in [0.25, 0.3) is 0 Å². The zero-order valence-electron chi connectivity index (χ0n) is 18.4. The molecule has 0 aliphatic carbocycles. The van der Waals surface area contributed by atoms with Crippen molar-refractivity contribution in [3.63, 3.8) is 0 Å². The Balaban J connectivity index is 1.91. The Labute approximate surface area is 175 Å². The lowest BCUT2D eigenvalue weighted by molar-refractivity contribution is -0.127. The van der Waals surface area contributed by atoms with Crippen LogP contribution in [0.5, 0.6) is 0 Å². The highest BCUT2D eigenvalue weighted by molar-refractivity contribution is 6.11. The first-order valence-corrected chi connectivity index (χ1v) is 11.0. The third kappa shape index (κ3) is 4.89. The summed E-state index contributed by atoms with van der Waals surface area (Å²) in [5, 5.41) is 14.5. The van der Waals surface area contributed by atoms with E-state index >= 15 is 0 Å². The maximum absolute atomic E-state index is 13.0. The van der Waals surface area contributed by atoms with E-state index in [2.05, 4.69) is 50.5 Å². The second-order valence-corrected chi connectivity index (χ2v) is 9.28. The molecule has 29 heavy (non-hydrogen) atoms. The van der Waals surface area contributed by atoms with Crippen LogP contribution in [-0.4, -0.2) is 36.7 Å². The molecule has 0 radical (unpaired) electrons. The zero-order chi connectivity index (χ0) is 21.0. The molecular formula is C24H36N4O. The van der Waals surface area contributed by atoms with Crippen molar-refractivity contribution in [1.29, 1.82) is 5.41 Å². The predicted molar refractivity (Wildman–Crippen MR) is 119 cm³/mol. The summed E-state index contributed by atoms with van der Waals surface area (Å²) in [6.07, 6.45) is 7.07. The summed E-state index contributed by atoms with van der Waals surface area (Å²) in [4.78, 5) is 14.9. The van der Waals surface area contributed by atoms with E-state index in [1.54, 1.807) is 6.20 Å². The van der Waals surface area contributed by atoms with Crippen LogP contribution < -0.4 is 10.6 Å². The Morgan fingerprint density at radius 1 is 1.38 bits per heavy atom. The number of carbonyl (C=O) groups is 1. The van der Waals surface area contributed by atoms with Gasteiger partial charge in [0.15, 0.2) is 0 Å². The normalized spacial score (nSPS) is 19.8. The fourth-order valence-electron chi connectivity index (χ4n) is 4.24. The van der Waals surface area contributed by atoms with Crippen LogP contribution in [-0.2, 0) is 23.2 Å². The van der Waals surface area contributed by atoms with Crippen LogP contribution in [0.2, 0.25) is 0 Å². The van der Waals surface area contributed by atoms with Gasteiger partial charge in [0.05, 0.1) is 5.57 Å². The summed E-state index contributed by atoms with van der Waals surface area (Å²) in [6.45, 7) is 12.1. The molecule has 0 saturated carbocycles. The van der Waals surface area contributed by atoms with Crippen LogP contribution in [0.4, 0.5) is 0 Å². The first kappa shape index (κ1) is 21.6. The van der Waals surface area contributed by atoms with Crippen molar-refractivity contribution >= 4 is 12.1 Å². The topological polar surface area (TPSA) is 68.2 Å². The van der Waals surface area contributed by atoms with E-state index in [1.807, 2.05) is 4.90 Å². The van der Waals surface area contributed by atoms with Crippen molar-refractivity contribution in [2.24, 2.45) is 0 Å². The van der Waals surface area contributed by atoms with Crippen LogP contribution in [0, 0.1) is 5.41 Å². The van der Waals surface area contributed by atoms with E-state index < -0.39 is 0 Å². The third-order valence-corrected chi connectivity index (χ3v) is 6.02. The fraction of sp³-hybridized carbons (Fsp3) is 0.583. The lowest BCUT2D eigenvalue weighted by Crippen LogP contribution is -2.38. The van der Waals surface area contributed by atoms with Crippen molar-refractivity contribution in [3.05, 3.63) is 46.2 Å². The van der Waals surface area contributed by atoms with Gasteiger partial charge in [0.1, 0.15) is 0 Å². The van der Waals surface area contributed by atoms with Gasteiger partial charge in [-0.2, -0.15) is 0 Å². The first-order valence-electron chi connectivity index (χ1n) is 11.0. The quantitative estimate of drug-likeness (QED) is 0.389. The summed E-state index contributed by atoms with van der Waals surface area (Å²) in [5.74, 6) is -0.0560. The minimum Gasteiger partial charge on any atom is -0.390 e. The number of fused-ring (bicyclic) bond motifs is 1. The van der Waals surface area contributed by atoms with E-state index in [1.165, 1.54) is 34.9 Å². The van der Waals surface area contributed by atoms with Crippen LogP contribution in [0.3, 0.4) is 0 Å². The summed E-state index contributed by atoms with van der Waals surface area (Å²) in [5.41, 5.74) is 5.97. The van der Waals surface area contributed by atoms with Crippen molar-refractivity contribution in [3.8, 4) is 0 Å². The molecule has 3 N–H and O–H groups in total. The molecule has 1 atom stereocenters. The molecule has 1 aromatic carbocycles. The van der Waals surface area contributed by atoms with Crippen molar-refractivity contribution < 1.29 is 4.79 Å². The van der Waals surface area contributed by atoms with Gasteiger partial charge in [-0.3, -0.25) is 4.79 Å². The number of hydrogen-bond donors (Lipinski definition) is 3. The molecule has 0 aromatic heterocycles. The maximum atomic E-state index is 13.0. The largest absolute Gasteiger partial charge is 0.390 e.